The second-order valence-corrected chi connectivity index (χ2v) is 3.59. The molecule has 0 aromatic carbocycles. The number of hydrogen-bond acceptors (Lipinski definition) is 4. The van der Waals surface area contributed by atoms with Crippen molar-refractivity contribution < 1.29 is 14.7 Å². The van der Waals surface area contributed by atoms with Crippen LogP contribution in [-0.2, 0) is 6.42 Å². The highest BCUT2D eigenvalue weighted by molar-refractivity contribution is 7.13. The summed E-state index contributed by atoms with van der Waals surface area (Å²) < 4.78 is 0. The van der Waals surface area contributed by atoms with Crippen molar-refractivity contribution in [3.05, 3.63) is 15.6 Å². The highest BCUT2D eigenvalue weighted by Gasteiger charge is 2.17. The first-order valence-electron chi connectivity index (χ1n) is 3.80. The second-order valence-electron chi connectivity index (χ2n) is 2.51. The summed E-state index contributed by atoms with van der Waals surface area (Å²) in [7, 11) is 0. The molecule has 1 aromatic rings. The fourth-order valence-corrected chi connectivity index (χ4v) is 1.80. The number of carbonyl (C=O) groups excluding carboxylic acids is 1. The quantitative estimate of drug-likeness (QED) is 0.751. The fourth-order valence-electron chi connectivity index (χ4n) is 0.909. The molecule has 5 heteroatoms. The summed E-state index contributed by atoms with van der Waals surface area (Å²) in [5, 5.41) is 9.00. The van der Waals surface area contributed by atoms with Gasteiger partial charge in [0.2, 0.25) is 0 Å². The highest BCUT2D eigenvalue weighted by Crippen LogP contribution is 2.19. The number of aromatic nitrogens is 1. The molecule has 13 heavy (non-hydrogen) atoms. The van der Waals surface area contributed by atoms with Crippen molar-refractivity contribution in [1.29, 1.82) is 0 Å². The van der Waals surface area contributed by atoms with Gasteiger partial charge in [0.25, 0.3) is 0 Å². The molecule has 0 spiro atoms. The summed E-state index contributed by atoms with van der Waals surface area (Å²) >= 11 is 1.15. The molecule has 1 heterocycles. The van der Waals surface area contributed by atoms with Gasteiger partial charge in [-0.1, -0.05) is 6.92 Å². The number of rotatable bonds is 3. The summed E-state index contributed by atoms with van der Waals surface area (Å²) in [6, 6.07) is 0. The lowest BCUT2D eigenvalue weighted by atomic mass is 10.3. The van der Waals surface area contributed by atoms with E-state index in [4.69, 9.17) is 5.11 Å². The van der Waals surface area contributed by atoms with E-state index in [2.05, 4.69) is 4.98 Å². The first-order valence-corrected chi connectivity index (χ1v) is 4.61. The smallest absolute Gasteiger partial charge is 0.355 e. The number of nitrogens with zero attached hydrogens (tertiary/aromatic N) is 1. The number of aryl methyl sites for hydroxylation is 1. The van der Waals surface area contributed by atoms with E-state index in [-0.39, 0.29) is 16.5 Å². The Morgan fingerprint density at radius 1 is 1.54 bits per heavy atom. The Hall–Kier alpha value is -1.23. The number of Topliss-reactive ketones (excluding diaryl/α,β-unsaturated/α-hetero) is 1. The SMILES string of the molecule is CCc1sc(C(C)=O)nc1C(=O)O. The second kappa shape index (κ2) is 3.66. The molecule has 0 amide bonds. The Kier molecular flexibility index (Phi) is 2.77. The molecule has 1 N–H and O–H groups in total. The summed E-state index contributed by atoms with van der Waals surface area (Å²) in [5.74, 6) is -1.26. The topological polar surface area (TPSA) is 67.3 Å². The predicted octanol–water partition coefficient (Wildman–Crippen LogP) is 1.61. The van der Waals surface area contributed by atoms with Gasteiger partial charge in [0.15, 0.2) is 16.5 Å². The summed E-state index contributed by atoms with van der Waals surface area (Å²) in [6.45, 7) is 3.22. The van der Waals surface area contributed by atoms with Crippen LogP contribution in [0.2, 0.25) is 0 Å². The highest BCUT2D eigenvalue weighted by atomic mass is 32.1. The Labute approximate surface area is 79.2 Å². The first kappa shape index (κ1) is 9.85. The summed E-state index contributed by atoms with van der Waals surface area (Å²) in [4.78, 5) is 26.0. The van der Waals surface area contributed by atoms with Crippen molar-refractivity contribution in [1.82, 2.24) is 4.98 Å². The Balaban J connectivity index is 3.19. The number of thiazole rings is 1. The maximum Gasteiger partial charge on any atom is 0.355 e. The molecular weight excluding hydrogens is 190 g/mol. The van der Waals surface area contributed by atoms with Crippen molar-refractivity contribution >= 4 is 23.1 Å². The van der Waals surface area contributed by atoms with Crippen LogP contribution in [-0.4, -0.2) is 21.8 Å². The standard InChI is InChI=1S/C8H9NO3S/c1-3-5-6(8(11)12)9-7(13-5)4(2)10/h3H2,1-2H3,(H,11,12). The van der Waals surface area contributed by atoms with Gasteiger partial charge in [-0.05, 0) is 6.42 Å². The zero-order valence-corrected chi connectivity index (χ0v) is 8.14. The Bertz CT molecular complexity index is 356. The van der Waals surface area contributed by atoms with Gasteiger partial charge in [0.1, 0.15) is 0 Å². The molecule has 0 saturated carbocycles. The lowest BCUT2D eigenvalue weighted by Crippen LogP contribution is -2.01. The number of carboxylic acid groups (broad SMARTS) is 1. The minimum atomic E-state index is -1.07. The van der Waals surface area contributed by atoms with Gasteiger partial charge in [-0.25, -0.2) is 9.78 Å². The van der Waals surface area contributed by atoms with E-state index in [1.807, 2.05) is 6.92 Å². The zero-order chi connectivity index (χ0) is 10.0. The van der Waals surface area contributed by atoms with E-state index >= 15 is 0 Å². The van der Waals surface area contributed by atoms with E-state index in [1.165, 1.54) is 6.92 Å². The molecular formula is C8H9NO3S. The number of carboxylic acids is 1. The molecule has 1 aromatic heterocycles. The third-order valence-corrected chi connectivity index (χ3v) is 2.82. The molecule has 1 rings (SSSR count). The van der Waals surface area contributed by atoms with Crippen LogP contribution < -0.4 is 0 Å². The average molecular weight is 199 g/mol. The molecule has 70 valence electrons. The van der Waals surface area contributed by atoms with Gasteiger partial charge in [-0.15, -0.1) is 11.3 Å². The molecule has 0 atom stereocenters. The molecule has 0 aliphatic carbocycles. The van der Waals surface area contributed by atoms with Gasteiger partial charge in [-0.2, -0.15) is 0 Å². The largest absolute Gasteiger partial charge is 0.476 e. The van der Waals surface area contributed by atoms with Crippen LogP contribution in [0.25, 0.3) is 0 Å². The lowest BCUT2D eigenvalue weighted by Gasteiger charge is -1.89. The van der Waals surface area contributed by atoms with Crippen LogP contribution in [0.1, 0.15) is 39.0 Å². The van der Waals surface area contributed by atoms with E-state index in [0.29, 0.717) is 11.3 Å². The van der Waals surface area contributed by atoms with Crippen molar-refractivity contribution in [2.75, 3.05) is 0 Å². The Morgan fingerprint density at radius 3 is 2.46 bits per heavy atom. The third kappa shape index (κ3) is 1.92. The van der Waals surface area contributed by atoms with Gasteiger partial charge in [0.05, 0.1) is 0 Å². The van der Waals surface area contributed by atoms with Crippen LogP contribution in [0.3, 0.4) is 0 Å². The summed E-state index contributed by atoms with van der Waals surface area (Å²) in [5.41, 5.74) is 0.0118. The average Bonchev–Trinajstić information content (AvgIpc) is 2.47. The Morgan fingerprint density at radius 2 is 2.15 bits per heavy atom. The molecule has 0 bridgehead atoms. The minimum absolute atomic E-state index is 0.0118. The van der Waals surface area contributed by atoms with Crippen molar-refractivity contribution in [3.63, 3.8) is 0 Å². The number of aromatic carboxylic acids is 1. The molecule has 0 radical (unpaired) electrons. The molecule has 0 saturated heterocycles. The predicted molar refractivity (Wildman–Crippen MR) is 48.5 cm³/mol. The molecule has 0 fully saturated rings. The molecule has 4 nitrogen and oxygen atoms in total. The molecule has 0 aliphatic rings. The van der Waals surface area contributed by atoms with E-state index < -0.39 is 5.97 Å². The van der Waals surface area contributed by atoms with Gasteiger partial charge >= 0.3 is 5.97 Å². The van der Waals surface area contributed by atoms with E-state index in [1.54, 1.807) is 0 Å². The molecule has 0 unspecified atom stereocenters. The number of hydrogen-bond donors (Lipinski definition) is 1. The minimum Gasteiger partial charge on any atom is -0.476 e. The van der Waals surface area contributed by atoms with Crippen molar-refractivity contribution in [3.8, 4) is 0 Å². The number of carbonyl (C=O) groups is 2. The monoisotopic (exact) mass is 199 g/mol. The van der Waals surface area contributed by atoms with E-state index in [0.717, 1.165) is 11.3 Å². The summed E-state index contributed by atoms with van der Waals surface area (Å²) in [6.07, 6.45) is 0.590. The number of ketones is 1. The maximum atomic E-state index is 10.9. The van der Waals surface area contributed by atoms with E-state index in [9.17, 15) is 9.59 Å². The van der Waals surface area contributed by atoms with Crippen molar-refractivity contribution in [2.45, 2.75) is 20.3 Å². The lowest BCUT2D eigenvalue weighted by molar-refractivity contribution is 0.0690. The zero-order valence-electron chi connectivity index (χ0n) is 7.33. The van der Waals surface area contributed by atoms with Crippen LogP contribution >= 0.6 is 11.3 Å². The van der Waals surface area contributed by atoms with Crippen LogP contribution in [0.5, 0.6) is 0 Å². The van der Waals surface area contributed by atoms with Crippen LogP contribution in [0, 0.1) is 0 Å². The van der Waals surface area contributed by atoms with Gasteiger partial charge in [-0.3, -0.25) is 4.79 Å². The maximum absolute atomic E-state index is 10.9. The fraction of sp³-hybridized carbons (Fsp3) is 0.375. The van der Waals surface area contributed by atoms with Crippen LogP contribution in [0.4, 0.5) is 0 Å². The third-order valence-electron chi connectivity index (χ3n) is 1.52. The van der Waals surface area contributed by atoms with Gasteiger partial charge in [0, 0.05) is 11.8 Å². The molecule has 0 aliphatic heterocycles. The first-order chi connectivity index (χ1) is 6.06. The van der Waals surface area contributed by atoms with Crippen LogP contribution in [0.15, 0.2) is 0 Å². The normalized spacial score (nSPS) is 10.0. The van der Waals surface area contributed by atoms with Crippen molar-refractivity contribution in [2.24, 2.45) is 0 Å². The van der Waals surface area contributed by atoms with Gasteiger partial charge < -0.3 is 5.11 Å².